The molecule has 4 unspecified atom stereocenters. The number of likely N-dealkylation sites (N-methyl/N-ethyl adjacent to an activating group) is 2. The number of nitrogen functional groups attached to an aromatic ring is 1. The maximum absolute atomic E-state index is 16.9. The number of alkyl halides is 1. The van der Waals surface area contributed by atoms with E-state index in [4.69, 9.17) is 22.1 Å². The fourth-order valence-corrected chi connectivity index (χ4v) is 7.90. The standard InChI is InChI=1S/C32H31ClF3N7O2S/c1-5-24(44)43-9-8-23(15(43)2)42(4)31-19-11-21(33)26(18-6-7-22(35)29-25(18)20(12-37)30(38)46-29)27(36)28(19)39-32(40-31)45-14-17-10-16(34)13-41(17)3/h5-7,11,15-17,23H,1,8-10,13-14,38H2,2-4H3. The van der Waals surface area contributed by atoms with Crippen LogP contribution in [0.3, 0.4) is 0 Å². The zero-order valence-electron chi connectivity index (χ0n) is 25.4. The average Bonchev–Trinajstić information content (AvgIpc) is 3.69. The lowest BCUT2D eigenvalue weighted by Crippen LogP contribution is -2.43. The Bertz CT molecular complexity index is 1930. The van der Waals surface area contributed by atoms with Gasteiger partial charge in [-0.3, -0.25) is 9.69 Å². The Morgan fingerprint density at radius 2 is 2.13 bits per heavy atom. The number of anilines is 2. The van der Waals surface area contributed by atoms with Crippen molar-refractivity contribution < 1.29 is 22.7 Å². The number of ether oxygens (including phenoxy) is 1. The Kier molecular flexibility index (Phi) is 8.47. The molecule has 0 radical (unpaired) electrons. The molecule has 4 atom stereocenters. The van der Waals surface area contributed by atoms with Crippen molar-refractivity contribution in [1.82, 2.24) is 19.8 Å². The van der Waals surface area contributed by atoms with Crippen LogP contribution in [0.1, 0.15) is 25.3 Å². The third-order valence-corrected chi connectivity index (χ3v) is 10.4. The molecule has 14 heteroatoms. The fourth-order valence-electron chi connectivity index (χ4n) is 6.65. The molecule has 4 heterocycles. The fraction of sp³-hybridized carbons (Fsp3) is 0.375. The SMILES string of the molecule is C=CC(=O)N1CCC(N(C)c2nc(OCC3CC(F)CN3C)nc3c(F)c(-c4ccc(F)c5sc(N)c(C#N)c45)c(Cl)cc23)C1C. The highest BCUT2D eigenvalue weighted by Gasteiger charge is 2.37. The number of hydrogen-bond acceptors (Lipinski definition) is 9. The number of amides is 1. The molecule has 2 aromatic carbocycles. The smallest absolute Gasteiger partial charge is 0.319 e. The number of rotatable bonds is 7. The van der Waals surface area contributed by atoms with E-state index in [0.717, 1.165) is 11.3 Å². The van der Waals surface area contributed by atoms with Crippen LogP contribution in [0.2, 0.25) is 5.02 Å². The lowest BCUT2D eigenvalue weighted by Gasteiger charge is -2.32. The first-order valence-corrected chi connectivity index (χ1v) is 15.9. The van der Waals surface area contributed by atoms with Crippen LogP contribution < -0.4 is 15.4 Å². The normalized spacial score (nSPS) is 21.7. The second-order valence-electron chi connectivity index (χ2n) is 11.7. The monoisotopic (exact) mass is 669 g/mol. The van der Waals surface area contributed by atoms with Crippen molar-refractivity contribution in [1.29, 1.82) is 5.26 Å². The predicted molar refractivity (Wildman–Crippen MR) is 174 cm³/mol. The number of thiophene rings is 1. The van der Waals surface area contributed by atoms with Crippen molar-refractivity contribution in [3.05, 3.63) is 53.1 Å². The van der Waals surface area contributed by atoms with Gasteiger partial charge in [0.15, 0.2) is 5.82 Å². The van der Waals surface area contributed by atoms with Gasteiger partial charge in [-0.1, -0.05) is 24.2 Å². The minimum absolute atomic E-state index is 0.0111. The molecule has 6 rings (SSSR count). The van der Waals surface area contributed by atoms with Gasteiger partial charge in [-0.15, -0.1) is 11.3 Å². The quantitative estimate of drug-likeness (QED) is 0.241. The molecule has 0 bridgehead atoms. The molecule has 9 nitrogen and oxygen atoms in total. The van der Waals surface area contributed by atoms with Gasteiger partial charge in [0.25, 0.3) is 0 Å². The van der Waals surface area contributed by atoms with Crippen LogP contribution in [0.15, 0.2) is 30.9 Å². The van der Waals surface area contributed by atoms with Crippen LogP contribution in [-0.4, -0.2) is 83.8 Å². The second kappa shape index (κ2) is 12.2. The van der Waals surface area contributed by atoms with Gasteiger partial charge in [-0.2, -0.15) is 15.2 Å². The lowest BCUT2D eigenvalue weighted by atomic mass is 9.97. The van der Waals surface area contributed by atoms with Gasteiger partial charge in [-0.25, -0.2) is 13.2 Å². The molecule has 0 saturated carbocycles. The molecule has 2 N–H and O–H groups in total. The highest BCUT2D eigenvalue weighted by molar-refractivity contribution is 7.23. The molecule has 2 aliphatic heterocycles. The number of halogens is 4. The molecule has 0 aliphatic carbocycles. The lowest BCUT2D eigenvalue weighted by molar-refractivity contribution is -0.126. The van der Waals surface area contributed by atoms with Crippen LogP contribution in [-0.2, 0) is 4.79 Å². The minimum atomic E-state index is -0.984. The summed E-state index contributed by atoms with van der Waals surface area (Å²) in [6.45, 7) is 6.37. The van der Waals surface area contributed by atoms with E-state index in [2.05, 4.69) is 16.5 Å². The Morgan fingerprint density at radius 1 is 1.37 bits per heavy atom. The Morgan fingerprint density at radius 3 is 2.80 bits per heavy atom. The van der Waals surface area contributed by atoms with Crippen molar-refractivity contribution in [2.75, 3.05) is 44.4 Å². The van der Waals surface area contributed by atoms with Crippen molar-refractivity contribution in [3.8, 4) is 23.2 Å². The predicted octanol–water partition coefficient (Wildman–Crippen LogP) is 5.93. The maximum atomic E-state index is 16.9. The van der Waals surface area contributed by atoms with Crippen molar-refractivity contribution in [3.63, 3.8) is 0 Å². The molecule has 2 fully saturated rings. The van der Waals surface area contributed by atoms with Gasteiger partial charge < -0.3 is 20.3 Å². The van der Waals surface area contributed by atoms with Crippen LogP contribution in [0.4, 0.5) is 24.0 Å². The summed E-state index contributed by atoms with van der Waals surface area (Å²) in [4.78, 5) is 27.0. The highest BCUT2D eigenvalue weighted by Crippen LogP contribution is 2.46. The van der Waals surface area contributed by atoms with Gasteiger partial charge in [0.05, 0.1) is 21.3 Å². The van der Waals surface area contributed by atoms with Crippen LogP contribution in [0, 0.1) is 23.0 Å². The van der Waals surface area contributed by atoms with E-state index in [0.29, 0.717) is 18.8 Å². The third-order valence-electron chi connectivity index (χ3n) is 9.09. The number of carbonyl (C=O) groups excluding carboxylic acids is 1. The minimum Gasteiger partial charge on any atom is -0.462 e. The number of hydrogen-bond donors (Lipinski definition) is 1. The number of nitrogens with two attached hydrogens (primary N) is 1. The molecule has 4 aromatic rings. The zero-order chi connectivity index (χ0) is 33.0. The van der Waals surface area contributed by atoms with Gasteiger partial charge in [0.2, 0.25) is 5.91 Å². The van der Waals surface area contributed by atoms with Gasteiger partial charge >= 0.3 is 6.01 Å². The number of nitrogens with zero attached hydrogens (tertiary/aromatic N) is 6. The average molecular weight is 670 g/mol. The van der Waals surface area contributed by atoms with Crippen LogP contribution in [0.25, 0.3) is 32.1 Å². The number of aromatic nitrogens is 2. The van der Waals surface area contributed by atoms with E-state index in [-0.39, 0.29) is 97.3 Å². The van der Waals surface area contributed by atoms with Gasteiger partial charge in [-0.05, 0) is 50.6 Å². The number of benzene rings is 2. The first kappa shape index (κ1) is 31.8. The third kappa shape index (κ3) is 5.28. The summed E-state index contributed by atoms with van der Waals surface area (Å²) in [7, 11) is 3.60. The maximum Gasteiger partial charge on any atom is 0.319 e. The van der Waals surface area contributed by atoms with E-state index in [9.17, 15) is 18.8 Å². The van der Waals surface area contributed by atoms with Gasteiger partial charge in [0.1, 0.15) is 41.0 Å². The Hall–Kier alpha value is -4.12. The summed E-state index contributed by atoms with van der Waals surface area (Å²) in [6.07, 6.45) is 1.18. The Balaban J connectivity index is 1.52. The number of fused-ring (bicyclic) bond motifs is 2. The second-order valence-corrected chi connectivity index (χ2v) is 13.2. The summed E-state index contributed by atoms with van der Waals surface area (Å²) in [5.74, 6) is -1.29. The summed E-state index contributed by atoms with van der Waals surface area (Å²) in [6, 6.07) is 5.30. The van der Waals surface area contributed by atoms with E-state index < -0.39 is 17.8 Å². The molecular weight excluding hydrogens is 639 g/mol. The zero-order valence-corrected chi connectivity index (χ0v) is 26.9. The molecule has 2 saturated heterocycles. The molecule has 0 spiro atoms. The first-order chi connectivity index (χ1) is 21.9. The molecule has 2 aliphatic rings. The number of nitriles is 1. The largest absolute Gasteiger partial charge is 0.462 e. The van der Waals surface area contributed by atoms with Crippen LogP contribution in [0.5, 0.6) is 6.01 Å². The first-order valence-electron chi connectivity index (χ1n) is 14.7. The molecule has 2 aromatic heterocycles. The molecule has 1 amide bonds. The number of carbonyl (C=O) groups is 1. The topological polar surface area (TPSA) is 112 Å². The molecule has 240 valence electrons. The highest BCUT2D eigenvalue weighted by atomic mass is 35.5. The molecule has 46 heavy (non-hydrogen) atoms. The Labute approximate surface area is 272 Å². The van der Waals surface area contributed by atoms with E-state index >= 15 is 4.39 Å². The summed E-state index contributed by atoms with van der Waals surface area (Å²) < 4.78 is 51.8. The molecular formula is C32H31ClF3N7O2S. The summed E-state index contributed by atoms with van der Waals surface area (Å²) >= 11 is 7.69. The van der Waals surface area contributed by atoms with E-state index in [1.165, 1.54) is 24.3 Å². The van der Waals surface area contributed by atoms with E-state index in [1.807, 2.05) is 22.8 Å². The van der Waals surface area contributed by atoms with Crippen molar-refractivity contribution in [2.45, 2.75) is 44.1 Å². The van der Waals surface area contributed by atoms with Crippen molar-refractivity contribution >= 4 is 60.7 Å². The number of likely N-dealkylation sites (tertiary alicyclic amines) is 2. The van der Waals surface area contributed by atoms with E-state index in [1.54, 1.807) is 19.0 Å². The van der Waals surface area contributed by atoms with Gasteiger partial charge in [0, 0.05) is 48.6 Å². The van der Waals surface area contributed by atoms with Crippen LogP contribution >= 0.6 is 22.9 Å². The van der Waals surface area contributed by atoms with Crippen molar-refractivity contribution in [2.24, 2.45) is 0 Å². The summed E-state index contributed by atoms with van der Waals surface area (Å²) in [5, 5.41) is 10.4. The summed E-state index contributed by atoms with van der Waals surface area (Å²) in [5.41, 5.74) is 6.05.